The van der Waals surface area contributed by atoms with Crippen molar-refractivity contribution in [1.82, 2.24) is 0 Å². The molecule has 2 N–H and O–H groups in total. The number of nitrogen functional groups attached to an aromatic ring is 1. The van der Waals surface area contributed by atoms with Crippen LogP contribution in [0.2, 0.25) is 18.1 Å². The summed E-state index contributed by atoms with van der Waals surface area (Å²) >= 11 is 2.07. The average molecular weight is 367 g/mol. The van der Waals surface area contributed by atoms with E-state index in [0.717, 1.165) is 3.57 Å². The van der Waals surface area contributed by atoms with E-state index in [1.165, 1.54) is 6.07 Å². The number of nitrogens with two attached hydrogens (primary N) is 1. The third kappa shape index (κ3) is 3.34. The van der Waals surface area contributed by atoms with Crippen molar-refractivity contribution in [2.75, 3.05) is 5.73 Å². The topological polar surface area (TPSA) is 35.2 Å². The number of anilines is 1. The zero-order valence-corrected chi connectivity index (χ0v) is 14.1. The summed E-state index contributed by atoms with van der Waals surface area (Å²) in [5.74, 6) is 0.299. The molecular weight excluding hydrogens is 348 g/mol. The summed E-state index contributed by atoms with van der Waals surface area (Å²) in [5.41, 5.74) is 5.71. The molecule has 0 amide bonds. The lowest BCUT2D eigenvalue weighted by atomic mass is 10.2. The predicted octanol–water partition coefficient (Wildman–Crippen LogP) is 4.40. The molecule has 0 bridgehead atoms. The third-order valence-electron chi connectivity index (χ3n) is 3.22. The third-order valence-corrected chi connectivity index (χ3v) is 8.41. The first-order chi connectivity index (χ1) is 7.54. The molecule has 0 spiro atoms. The number of hydrogen-bond acceptors (Lipinski definition) is 2. The molecule has 17 heavy (non-hydrogen) atoms. The number of halogens is 2. The lowest BCUT2D eigenvalue weighted by Gasteiger charge is -2.36. The highest BCUT2D eigenvalue weighted by Gasteiger charge is 2.39. The van der Waals surface area contributed by atoms with Gasteiger partial charge in [0.05, 0.1) is 9.26 Å². The second-order valence-corrected chi connectivity index (χ2v) is 11.6. The van der Waals surface area contributed by atoms with E-state index in [-0.39, 0.29) is 10.7 Å². The van der Waals surface area contributed by atoms with Gasteiger partial charge in [-0.25, -0.2) is 4.39 Å². The molecule has 5 heteroatoms. The van der Waals surface area contributed by atoms with Crippen LogP contribution in [0, 0.1) is 9.39 Å². The second-order valence-electron chi connectivity index (χ2n) is 5.67. The van der Waals surface area contributed by atoms with Crippen molar-refractivity contribution >= 4 is 36.6 Å². The molecule has 0 aliphatic carbocycles. The minimum absolute atomic E-state index is 0.110. The molecule has 0 fully saturated rings. The van der Waals surface area contributed by atoms with E-state index in [1.807, 2.05) is 0 Å². The Morgan fingerprint density at radius 1 is 1.29 bits per heavy atom. The molecule has 2 nitrogen and oxygen atoms in total. The van der Waals surface area contributed by atoms with Crippen molar-refractivity contribution in [3.63, 3.8) is 0 Å². The van der Waals surface area contributed by atoms with E-state index in [0.29, 0.717) is 5.75 Å². The maximum Gasteiger partial charge on any atom is 0.250 e. The maximum absolute atomic E-state index is 13.3. The first-order valence-corrected chi connectivity index (χ1v) is 9.47. The van der Waals surface area contributed by atoms with Gasteiger partial charge >= 0.3 is 0 Å². The van der Waals surface area contributed by atoms with Crippen LogP contribution in [0.5, 0.6) is 5.75 Å². The molecule has 0 aliphatic rings. The van der Waals surface area contributed by atoms with Gasteiger partial charge in [-0.2, -0.15) is 0 Å². The van der Waals surface area contributed by atoms with Gasteiger partial charge in [0.2, 0.25) is 0 Å². The Kier molecular flexibility index (Phi) is 4.13. The van der Waals surface area contributed by atoms with E-state index in [2.05, 4.69) is 56.5 Å². The first kappa shape index (κ1) is 14.8. The van der Waals surface area contributed by atoms with Crippen LogP contribution in [-0.2, 0) is 0 Å². The molecule has 1 aromatic carbocycles. The lowest BCUT2D eigenvalue weighted by Crippen LogP contribution is -2.44. The van der Waals surface area contributed by atoms with Gasteiger partial charge in [-0.05, 0) is 46.8 Å². The first-order valence-electron chi connectivity index (χ1n) is 5.48. The van der Waals surface area contributed by atoms with E-state index in [1.54, 1.807) is 6.07 Å². The van der Waals surface area contributed by atoms with E-state index < -0.39 is 14.1 Å². The largest absolute Gasteiger partial charge is 0.543 e. The van der Waals surface area contributed by atoms with Gasteiger partial charge in [0, 0.05) is 6.07 Å². The van der Waals surface area contributed by atoms with Crippen LogP contribution in [0.15, 0.2) is 12.1 Å². The van der Waals surface area contributed by atoms with Gasteiger partial charge in [-0.3, -0.25) is 0 Å². The average Bonchev–Trinajstić information content (AvgIpc) is 2.12. The van der Waals surface area contributed by atoms with Crippen LogP contribution < -0.4 is 10.2 Å². The SMILES string of the molecule is CC(C)(C)[Si](C)(C)Oc1cc(N)c(F)cc1I. The number of hydrogen-bond donors (Lipinski definition) is 1. The molecule has 0 aliphatic heterocycles. The lowest BCUT2D eigenvalue weighted by molar-refractivity contribution is 0.488. The van der Waals surface area contributed by atoms with Crippen LogP contribution in [0.1, 0.15) is 20.8 Å². The summed E-state index contributed by atoms with van der Waals surface area (Å²) in [4.78, 5) is 0. The Morgan fingerprint density at radius 3 is 2.29 bits per heavy atom. The van der Waals surface area contributed by atoms with Gasteiger partial charge in [0.15, 0.2) is 0 Å². The van der Waals surface area contributed by atoms with Crippen LogP contribution in [0.3, 0.4) is 0 Å². The van der Waals surface area contributed by atoms with Gasteiger partial charge < -0.3 is 10.2 Å². The van der Waals surface area contributed by atoms with Crippen molar-refractivity contribution in [2.24, 2.45) is 0 Å². The Bertz CT molecular complexity index is 429. The zero-order chi connectivity index (χ0) is 13.4. The highest BCUT2D eigenvalue weighted by Crippen LogP contribution is 2.39. The molecule has 0 saturated carbocycles. The quantitative estimate of drug-likeness (QED) is 0.478. The molecule has 0 radical (unpaired) electrons. The fraction of sp³-hybridized carbons (Fsp3) is 0.500. The fourth-order valence-electron chi connectivity index (χ4n) is 1.05. The summed E-state index contributed by atoms with van der Waals surface area (Å²) in [5, 5.41) is 0.110. The second kappa shape index (κ2) is 4.76. The Labute approximate surface area is 117 Å². The van der Waals surface area contributed by atoms with Crippen LogP contribution in [0.4, 0.5) is 10.1 Å². The molecule has 0 aromatic heterocycles. The van der Waals surface area contributed by atoms with Crippen LogP contribution in [0.25, 0.3) is 0 Å². The summed E-state index contributed by atoms with van der Waals surface area (Å²) in [6.45, 7) is 10.8. The zero-order valence-electron chi connectivity index (χ0n) is 10.9. The normalized spacial score (nSPS) is 12.6. The monoisotopic (exact) mass is 367 g/mol. The van der Waals surface area contributed by atoms with Crippen molar-refractivity contribution in [3.05, 3.63) is 21.5 Å². The molecule has 0 atom stereocenters. The van der Waals surface area contributed by atoms with Crippen LogP contribution in [-0.4, -0.2) is 8.32 Å². The predicted molar refractivity (Wildman–Crippen MR) is 81.4 cm³/mol. The van der Waals surface area contributed by atoms with Crippen molar-refractivity contribution in [2.45, 2.75) is 38.9 Å². The van der Waals surface area contributed by atoms with E-state index in [4.69, 9.17) is 10.2 Å². The molecule has 0 saturated heterocycles. The summed E-state index contributed by atoms with van der Waals surface area (Å²) in [7, 11) is -1.90. The van der Waals surface area contributed by atoms with Gasteiger partial charge in [-0.1, -0.05) is 20.8 Å². The fourth-order valence-corrected chi connectivity index (χ4v) is 2.82. The highest BCUT2D eigenvalue weighted by molar-refractivity contribution is 14.1. The van der Waals surface area contributed by atoms with Gasteiger partial charge in [0.25, 0.3) is 8.32 Å². The Balaban J connectivity index is 3.08. The summed E-state index contributed by atoms with van der Waals surface area (Å²) in [6.07, 6.45) is 0. The van der Waals surface area contributed by atoms with Gasteiger partial charge in [-0.15, -0.1) is 0 Å². The minimum Gasteiger partial charge on any atom is -0.543 e. The summed E-state index contributed by atoms with van der Waals surface area (Å²) < 4.78 is 20.1. The molecule has 0 heterocycles. The van der Waals surface area contributed by atoms with Crippen molar-refractivity contribution < 1.29 is 8.82 Å². The maximum atomic E-state index is 13.3. The smallest absolute Gasteiger partial charge is 0.250 e. The van der Waals surface area contributed by atoms with Crippen molar-refractivity contribution in [1.29, 1.82) is 0 Å². The number of benzene rings is 1. The number of rotatable bonds is 2. The van der Waals surface area contributed by atoms with Crippen LogP contribution >= 0.6 is 22.6 Å². The standard InChI is InChI=1S/C12H19FINOSi/c1-12(2,3)17(4,5)16-11-7-10(15)8(13)6-9(11)14/h6-7H,15H2,1-5H3. The highest BCUT2D eigenvalue weighted by atomic mass is 127. The summed E-state index contributed by atoms with van der Waals surface area (Å²) in [6, 6.07) is 3.00. The molecule has 0 unspecified atom stereocenters. The molecular formula is C12H19FINOSi. The van der Waals surface area contributed by atoms with E-state index in [9.17, 15) is 4.39 Å². The molecule has 1 aromatic rings. The van der Waals surface area contributed by atoms with Crippen molar-refractivity contribution in [3.8, 4) is 5.75 Å². The minimum atomic E-state index is -1.90. The molecule has 96 valence electrons. The molecule has 1 rings (SSSR count). The Hall–Kier alpha value is -0.303. The Morgan fingerprint density at radius 2 is 1.82 bits per heavy atom. The van der Waals surface area contributed by atoms with Gasteiger partial charge in [0.1, 0.15) is 11.6 Å². The van der Waals surface area contributed by atoms with E-state index >= 15 is 0 Å².